The van der Waals surface area contributed by atoms with Crippen LogP contribution in [0.15, 0.2) is 72.7 Å². The number of aryl methyl sites for hydroxylation is 2. The summed E-state index contributed by atoms with van der Waals surface area (Å²) in [5.41, 5.74) is 4.46. The normalized spacial score (nSPS) is 16.7. The summed E-state index contributed by atoms with van der Waals surface area (Å²) in [5.74, 6) is 0.125. The molecule has 0 saturated carbocycles. The van der Waals surface area contributed by atoms with Gasteiger partial charge >= 0.3 is 0 Å². The number of hydrogen-bond acceptors (Lipinski definition) is 6. The lowest BCUT2D eigenvalue weighted by atomic mass is 10.0. The Kier molecular flexibility index (Phi) is 5.38. The van der Waals surface area contributed by atoms with Crippen molar-refractivity contribution >= 4 is 29.0 Å². The topological polar surface area (TPSA) is 69.6 Å². The SMILES string of the molecule is Cc1ccc(C2=C(N3CCN(c4ncccn4)CC3)C(=O)N(c3ccc(C)cc3)C2=O)cc1. The second-order valence-corrected chi connectivity index (χ2v) is 8.39. The summed E-state index contributed by atoms with van der Waals surface area (Å²) >= 11 is 0. The first kappa shape index (κ1) is 20.9. The van der Waals surface area contributed by atoms with Gasteiger partial charge in [-0.3, -0.25) is 9.59 Å². The molecule has 2 aliphatic rings. The maximum atomic E-state index is 13.7. The van der Waals surface area contributed by atoms with Crippen molar-refractivity contribution in [3.05, 3.63) is 89.4 Å². The predicted molar refractivity (Wildman–Crippen MR) is 128 cm³/mol. The highest BCUT2D eigenvalue weighted by molar-refractivity contribution is 6.45. The number of carbonyl (C=O) groups excluding carboxylic acids is 2. The fraction of sp³-hybridized carbons (Fsp3) is 0.231. The van der Waals surface area contributed by atoms with E-state index in [0.29, 0.717) is 49.1 Å². The van der Waals surface area contributed by atoms with Crippen molar-refractivity contribution in [3.8, 4) is 0 Å². The zero-order valence-corrected chi connectivity index (χ0v) is 18.7. The molecule has 33 heavy (non-hydrogen) atoms. The number of amides is 2. The maximum absolute atomic E-state index is 13.7. The summed E-state index contributed by atoms with van der Waals surface area (Å²) in [6.45, 7) is 6.52. The summed E-state index contributed by atoms with van der Waals surface area (Å²) in [4.78, 5) is 41.4. The average molecular weight is 440 g/mol. The lowest BCUT2D eigenvalue weighted by Crippen LogP contribution is -2.48. The Balaban J connectivity index is 1.50. The van der Waals surface area contributed by atoms with Gasteiger partial charge in [0.05, 0.1) is 11.3 Å². The minimum absolute atomic E-state index is 0.274. The summed E-state index contributed by atoms with van der Waals surface area (Å²) < 4.78 is 0. The van der Waals surface area contributed by atoms with Crippen molar-refractivity contribution in [1.29, 1.82) is 0 Å². The molecule has 166 valence electrons. The third-order valence-corrected chi connectivity index (χ3v) is 6.12. The van der Waals surface area contributed by atoms with Gasteiger partial charge in [0, 0.05) is 38.6 Å². The van der Waals surface area contributed by atoms with E-state index in [1.54, 1.807) is 18.5 Å². The predicted octanol–water partition coefficient (Wildman–Crippen LogP) is 3.20. The number of rotatable bonds is 4. The van der Waals surface area contributed by atoms with E-state index in [1.165, 1.54) is 4.90 Å². The van der Waals surface area contributed by atoms with Gasteiger partial charge in [-0.25, -0.2) is 14.9 Å². The van der Waals surface area contributed by atoms with Crippen LogP contribution in [-0.2, 0) is 9.59 Å². The van der Waals surface area contributed by atoms with Gasteiger partial charge in [-0.2, -0.15) is 0 Å². The van der Waals surface area contributed by atoms with Crippen molar-refractivity contribution in [3.63, 3.8) is 0 Å². The lowest BCUT2D eigenvalue weighted by Gasteiger charge is -2.36. The first-order valence-electron chi connectivity index (χ1n) is 11.1. The van der Waals surface area contributed by atoms with Crippen LogP contribution >= 0.6 is 0 Å². The fourth-order valence-electron chi connectivity index (χ4n) is 4.30. The first-order chi connectivity index (χ1) is 16.0. The molecule has 2 amide bonds. The van der Waals surface area contributed by atoms with Gasteiger partial charge in [0.25, 0.3) is 11.8 Å². The molecule has 0 unspecified atom stereocenters. The summed E-state index contributed by atoms with van der Waals surface area (Å²) in [7, 11) is 0. The number of hydrogen-bond donors (Lipinski definition) is 0. The molecule has 2 aliphatic heterocycles. The zero-order chi connectivity index (χ0) is 22.9. The van der Waals surface area contributed by atoms with E-state index in [0.717, 1.165) is 16.7 Å². The Hall–Kier alpha value is -4.00. The average Bonchev–Trinajstić information content (AvgIpc) is 3.11. The van der Waals surface area contributed by atoms with E-state index >= 15 is 0 Å². The summed E-state index contributed by atoms with van der Waals surface area (Å²) in [6.07, 6.45) is 3.46. The molecule has 7 nitrogen and oxygen atoms in total. The first-order valence-corrected chi connectivity index (χ1v) is 11.1. The van der Waals surface area contributed by atoms with Crippen LogP contribution in [0.3, 0.4) is 0 Å². The number of carbonyl (C=O) groups is 2. The largest absolute Gasteiger partial charge is 0.363 e. The molecule has 0 N–H and O–H groups in total. The summed E-state index contributed by atoms with van der Waals surface area (Å²) in [6, 6.07) is 17.0. The van der Waals surface area contributed by atoms with E-state index in [9.17, 15) is 9.59 Å². The Morgan fingerprint density at radius 3 is 1.85 bits per heavy atom. The highest BCUT2D eigenvalue weighted by Gasteiger charge is 2.43. The number of piperazine rings is 1. The molecule has 1 aromatic heterocycles. The number of imide groups is 1. The third-order valence-electron chi connectivity index (χ3n) is 6.12. The van der Waals surface area contributed by atoms with Crippen LogP contribution in [0.1, 0.15) is 16.7 Å². The van der Waals surface area contributed by atoms with Crippen molar-refractivity contribution in [2.75, 3.05) is 36.0 Å². The molecule has 2 aromatic carbocycles. The van der Waals surface area contributed by atoms with Crippen LogP contribution in [0.5, 0.6) is 0 Å². The molecular formula is C26H25N5O2. The van der Waals surface area contributed by atoms with Crippen LogP contribution in [-0.4, -0.2) is 52.9 Å². The highest BCUT2D eigenvalue weighted by atomic mass is 16.2. The van der Waals surface area contributed by atoms with E-state index in [-0.39, 0.29) is 11.8 Å². The lowest BCUT2D eigenvalue weighted by molar-refractivity contribution is -0.120. The molecule has 0 radical (unpaired) electrons. The molecule has 0 spiro atoms. The van der Waals surface area contributed by atoms with E-state index in [2.05, 4.69) is 14.9 Å². The molecule has 0 atom stereocenters. The molecule has 1 saturated heterocycles. The fourth-order valence-corrected chi connectivity index (χ4v) is 4.30. The quantitative estimate of drug-likeness (QED) is 0.582. The van der Waals surface area contributed by atoms with Crippen molar-refractivity contribution in [2.24, 2.45) is 0 Å². The molecule has 3 aromatic rings. The van der Waals surface area contributed by atoms with Crippen LogP contribution in [0.4, 0.5) is 11.6 Å². The molecule has 5 rings (SSSR count). The monoisotopic (exact) mass is 439 g/mol. The van der Waals surface area contributed by atoms with Gasteiger partial charge < -0.3 is 9.80 Å². The molecule has 0 bridgehead atoms. The number of benzene rings is 2. The maximum Gasteiger partial charge on any atom is 0.282 e. The standard InChI is InChI=1S/C26H25N5O2/c1-18-4-8-20(9-5-18)22-23(25(33)31(24(22)32)21-10-6-19(2)7-11-21)29-14-16-30(17-15-29)26-27-12-3-13-28-26/h3-13H,14-17H2,1-2H3. The van der Waals surface area contributed by atoms with E-state index in [1.807, 2.05) is 67.3 Å². The number of nitrogens with zero attached hydrogens (tertiary/aromatic N) is 5. The number of aromatic nitrogens is 2. The van der Waals surface area contributed by atoms with Crippen molar-refractivity contribution < 1.29 is 9.59 Å². The Labute approximate surface area is 193 Å². The molecule has 1 fully saturated rings. The van der Waals surface area contributed by atoms with E-state index < -0.39 is 0 Å². The second-order valence-electron chi connectivity index (χ2n) is 8.39. The zero-order valence-electron chi connectivity index (χ0n) is 18.7. The second kappa shape index (κ2) is 8.50. The summed E-state index contributed by atoms with van der Waals surface area (Å²) in [5, 5.41) is 0. The van der Waals surface area contributed by atoms with Gasteiger partial charge in [-0.1, -0.05) is 47.5 Å². The van der Waals surface area contributed by atoms with Crippen LogP contribution < -0.4 is 9.80 Å². The van der Waals surface area contributed by atoms with Gasteiger partial charge in [-0.15, -0.1) is 0 Å². The van der Waals surface area contributed by atoms with Crippen molar-refractivity contribution in [2.45, 2.75) is 13.8 Å². The molecular weight excluding hydrogens is 414 g/mol. The van der Waals surface area contributed by atoms with Crippen molar-refractivity contribution in [1.82, 2.24) is 14.9 Å². The highest BCUT2D eigenvalue weighted by Crippen LogP contribution is 2.35. The molecule has 7 heteroatoms. The Morgan fingerprint density at radius 1 is 0.697 bits per heavy atom. The minimum atomic E-state index is -0.281. The van der Waals surface area contributed by atoms with Gasteiger partial charge in [-0.05, 0) is 37.6 Å². The van der Waals surface area contributed by atoms with Crippen LogP contribution in [0, 0.1) is 13.8 Å². The Morgan fingerprint density at radius 2 is 1.24 bits per heavy atom. The minimum Gasteiger partial charge on any atom is -0.363 e. The number of anilines is 2. The van der Waals surface area contributed by atoms with E-state index in [4.69, 9.17) is 0 Å². The Bertz CT molecular complexity index is 1210. The smallest absolute Gasteiger partial charge is 0.282 e. The molecule has 0 aliphatic carbocycles. The molecule has 3 heterocycles. The third kappa shape index (κ3) is 3.86. The van der Waals surface area contributed by atoms with Gasteiger partial charge in [0.1, 0.15) is 5.70 Å². The van der Waals surface area contributed by atoms with Crippen LogP contribution in [0.25, 0.3) is 5.57 Å². The van der Waals surface area contributed by atoms with Gasteiger partial charge in [0.15, 0.2) is 0 Å². The van der Waals surface area contributed by atoms with Crippen LogP contribution in [0.2, 0.25) is 0 Å². The van der Waals surface area contributed by atoms with Gasteiger partial charge in [0.2, 0.25) is 5.95 Å².